The SMILES string of the molecule is CCn1ccn(COCC2CC2)c1=O. The van der Waals surface area contributed by atoms with E-state index in [0.717, 1.165) is 12.5 Å². The summed E-state index contributed by atoms with van der Waals surface area (Å²) in [5, 5.41) is 0. The first-order valence-electron chi connectivity index (χ1n) is 5.14. The lowest BCUT2D eigenvalue weighted by molar-refractivity contribution is 0.0665. The van der Waals surface area contributed by atoms with Crippen LogP contribution >= 0.6 is 0 Å². The zero-order valence-corrected chi connectivity index (χ0v) is 8.48. The molecule has 14 heavy (non-hydrogen) atoms. The highest BCUT2D eigenvalue weighted by Gasteiger charge is 2.21. The van der Waals surface area contributed by atoms with Gasteiger partial charge in [0.05, 0.1) is 6.61 Å². The van der Waals surface area contributed by atoms with Gasteiger partial charge in [-0.3, -0.25) is 9.13 Å². The summed E-state index contributed by atoms with van der Waals surface area (Å²) < 4.78 is 8.70. The van der Waals surface area contributed by atoms with E-state index in [9.17, 15) is 4.79 Å². The Balaban J connectivity index is 1.88. The van der Waals surface area contributed by atoms with Crippen LogP contribution in [0.1, 0.15) is 19.8 Å². The molecule has 1 aliphatic rings. The second-order valence-electron chi connectivity index (χ2n) is 3.78. The van der Waals surface area contributed by atoms with Crippen molar-refractivity contribution in [1.29, 1.82) is 0 Å². The minimum absolute atomic E-state index is 0.0169. The summed E-state index contributed by atoms with van der Waals surface area (Å²) in [6.07, 6.45) is 6.14. The van der Waals surface area contributed by atoms with Crippen molar-refractivity contribution < 1.29 is 4.74 Å². The quantitative estimate of drug-likeness (QED) is 0.705. The van der Waals surface area contributed by atoms with Crippen LogP contribution in [0.4, 0.5) is 0 Å². The number of nitrogens with zero attached hydrogens (tertiary/aromatic N) is 2. The van der Waals surface area contributed by atoms with E-state index >= 15 is 0 Å². The zero-order valence-electron chi connectivity index (χ0n) is 8.48. The molecule has 0 saturated heterocycles. The molecule has 0 amide bonds. The Kier molecular flexibility index (Phi) is 2.72. The maximum Gasteiger partial charge on any atom is 0.330 e. The van der Waals surface area contributed by atoms with Crippen LogP contribution in [0.5, 0.6) is 0 Å². The number of aryl methyl sites for hydroxylation is 1. The molecule has 4 nitrogen and oxygen atoms in total. The third-order valence-electron chi connectivity index (χ3n) is 2.54. The number of ether oxygens (including phenoxy) is 1. The predicted molar refractivity (Wildman–Crippen MR) is 53.0 cm³/mol. The van der Waals surface area contributed by atoms with Gasteiger partial charge in [-0.05, 0) is 25.7 Å². The van der Waals surface area contributed by atoms with Gasteiger partial charge in [0.15, 0.2) is 0 Å². The lowest BCUT2D eigenvalue weighted by Gasteiger charge is -2.02. The second kappa shape index (κ2) is 4.00. The van der Waals surface area contributed by atoms with Crippen molar-refractivity contribution in [2.75, 3.05) is 6.61 Å². The fourth-order valence-corrected chi connectivity index (χ4v) is 1.39. The van der Waals surface area contributed by atoms with Gasteiger partial charge in [-0.25, -0.2) is 4.79 Å². The molecule has 1 aromatic rings. The van der Waals surface area contributed by atoms with E-state index in [0.29, 0.717) is 13.3 Å². The first-order valence-corrected chi connectivity index (χ1v) is 5.14. The third kappa shape index (κ3) is 2.07. The molecule has 0 N–H and O–H groups in total. The lowest BCUT2D eigenvalue weighted by Crippen LogP contribution is -2.24. The summed E-state index contributed by atoms with van der Waals surface area (Å²) in [4.78, 5) is 11.5. The zero-order chi connectivity index (χ0) is 9.97. The smallest absolute Gasteiger partial charge is 0.330 e. The highest BCUT2D eigenvalue weighted by atomic mass is 16.5. The van der Waals surface area contributed by atoms with Crippen LogP contribution < -0.4 is 5.69 Å². The average Bonchev–Trinajstić information content (AvgIpc) is 2.93. The van der Waals surface area contributed by atoms with Gasteiger partial charge in [0.2, 0.25) is 0 Å². The van der Waals surface area contributed by atoms with Gasteiger partial charge in [-0.2, -0.15) is 0 Å². The molecular formula is C10H16N2O2. The summed E-state index contributed by atoms with van der Waals surface area (Å²) in [6.45, 7) is 3.86. The Morgan fingerprint density at radius 1 is 1.43 bits per heavy atom. The number of imidazole rings is 1. The van der Waals surface area contributed by atoms with E-state index in [1.807, 2.05) is 6.92 Å². The van der Waals surface area contributed by atoms with E-state index in [-0.39, 0.29) is 5.69 Å². The average molecular weight is 196 g/mol. The maximum absolute atomic E-state index is 11.5. The number of aromatic nitrogens is 2. The summed E-state index contributed by atoms with van der Waals surface area (Å²) >= 11 is 0. The summed E-state index contributed by atoms with van der Waals surface area (Å²) in [5.41, 5.74) is 0.0169. The minimum atomic E-state index is 0.0169. The maximum atomic E-state index is 11.5. The van der Waals surface area contributed by atoms with Gasteiger partial charge in [-0.15, -0.1) is 0 Å². The Bertz CT molecular complexity index is 349. The Morgan fingerprint density at radius 2 is 2.14 bits per heavy atom. The highest BCUT2D eigenvalue weighted by Crippen LogP contribution is 2.28. The van der Waals surface area contributed by atoms with Gasteiger partial charge in [0, 0.05) is 18.9 Å². The fraction of sp³-hybridized carbons (Fsp3) is 0.700. The minimum Gasteiger partial charge on any atom is -0.360 e. The van der Waals surface area contributed by atoms with Gasteiger partial charge >= 0.3 is 5.69 Å². The monoisotopic (exact) mass is 196 g/mol. The third-order valence-corrected chi connectivity index (χ3v) is 2.54. The van der Waals surface area contributed by atoms with Gasteiger partial charge in [-0.1, -0.05) is 0 Å². The fourth-order valence-electron chi connectivity index (χ4n) is 1.39. The molecule has 0 aliphatic heterocycles. The molecule has 0 bridgehead atoms. The molecule has 0 spiro atoms. The van der Waals surface area contributed by atoms with Crippen molar-refractivity contribution in [1.82, 2.24) is 9.13 Å². The topological polar surface area (TPSA) is 36.2 Å². The van der Waals surface area contributed by atoms with E-state index in [2.05, 4.69) is 0 Å². The Labute approximate surface area is 83.1 Å². The van der Waals surface area contributed by atoms with Crippen LogP contribution in [0.25, 0.3) is 0 Å². The molecule has 0 aromatic carbocycles. The van der Waals surface area contributed by atoms with E-state index in [4.69, 9.17) is 4.74 Å². The number of hydrogen-bond acceptors (Lipinski definition) is 2. The van der Waals surface area contributed by atoms with Crippen molar-refractivity contribution in [3.05, 3.63) is 22.9 Å². The van der Waals surface area contributed by atoms with Crippen molar-refractivity contribution in [2.24, 2.45) is 5.92 Å². The van der Waals surface area contributed by atoms with Gasteiger partial charge in [0.1, 0.15) is 6.73 Å². The summed E-state index contributed by atoms with van der Waals surface area (Å²) in [5.74, 6) is 0.749. The van der Waals surface area contributed by atoms with Crippen LogP contribution in [-0.2, 0) is 18.0 Å². The molecule has 1 heterocycles. The van der Waals surface area contributed by atoms with Crippen LogP contribution in [-0.4, -0.2) is 15.7 Å². The van der Waals surface area contributed by atoms with Crippen molar-refractivity contribution in [3.8, 4) is 0 Å². The molecule has 2 rings (SSSR count). The van der Waals surface area contributed by atoms with Crippen molar-refractivity contribution >= 4 is 0 Å². The highest BCUT2D eigenvalue weighted by molar-refractivity contribution is 4.80. The molecule has 0 atom stereocenters. The molecule has 0 unspecified atom stereocenters. The predicted octanol–water partition coefficient (Wildman–Crippen LogP) is 1.05. The van der Waals surface area contributed by atoms with Crippen molar-refractivity contribution in [2.45, 2.75) is 33.0 Å². The first kappa shape index (κ1) is 9.52. The standard InChI is InChI=1S/C10H16N2O2/c1-2-11-5-6-12(10(11)13)8-14-7-9-3-4-9/h5-6,9H,2-4,7-8H2,1H3. The van der Waals surface area contributed by atoms with E-state index in [1.54, 1.807) is 21.5 Å². The summed E-state index contributed by atoms with van der Waals surface area (Å²) in [7, 11) is 0. The van der Waals surface area contributed by atoms with Crippen LogP contribution in [0, 0.1) is 5.92 Å². The molecule has 78 valence electrons. The summed E-state index contributed by atoms with van der Waals surface area (Å²) in [6, 6.07) is 0. The van der Waals surface area contributed by atoms with Crippen LogP contribution in [0.2, 0.25) is 0 Å². The van der Waals surface area contributed by atoms with Gasteiger partial charge in [0.25, 0.3) is 0 Å². The van der Waals surface area contributed by atoms with Gasteiger partial charge < -0.3 is 4.74 Å². The molecule has 1 aromatic heterocycles. The van der Waals surface area contributed by atoms with Crippen molar-refractivity contribution in [3.63, 3.8) is 0 Å². The second-order valence-corrected chi connectivity index (χ2v) is 3.78. The molecule has 4 heteroatoms. The lowest BCUT2D eigenvalue weighted by atomic mass is 10.5. The van der Waals surface area contributed by atoms with Crippen LogP contribution in [0.15, 0.2) is 17.2 Å². The molecule has 1 fully saturated rings. The number of rotatable bonds is 5. The largest absolute Gasteiger partial charge is 0.360 e. The van der Waals surface area contributed by atoms with E-state index < -0.39 is 0 Å². The Hall–Kier alpha value is -1.03. The number of hydrogen-bond donors (Lipinski definition) is 0. The molecular weight excluding hydrogens is 180 g/mol. The molecule has 1 aliphatic carbocycles. The molecule has 1 saturated carbocycles. The normalized spacial score (nSPS) is 16.1. The Morgan fingerprint density at radius 3 is 2.71 bits per heavy atom. The first-order chi connectivity index (χ1) is 6.81. The molecule has 0 radical (unpaired) electrons. The van der Waals surface area contributed by atoms with Crippen LogP contribution in [0.3, 0.4) is 0 Å². The van der Waals surface area contributed by atoms with E-state index in [1.165, 1.54) is 12.8 Å².